The summed E-state index contributed by atoms with van der Waals surface area (Å²) in [7, 11) is 0. The molecular formula is C14H9ClO2S. The zero-order valence-electron chi connectivity index (χ0n) is 9.35. The van der Waals surface area contributed by atoms with Crippen LogP contribution in [0.25, 0.3) is 11.0 Å². The van der Waals surface area contributed by atoms with Gasteiger partial charge in [-0.15, -0.1) is 11.3 Å². The average molecular weight is 277 g/mol. The number of carbonyl (C=O) groups excluding carboxylic acids is 1. The molecule has 0 spiro atoms. The Balaban J connectivity index is 1.87. The number of furan rings is 1. The first-order valence-electron chi connectivity index (χ1n) is 5.48. The van der Waals surface area contributed by atoms with Crippen LogP contribution in [0.3, 0.4) is 0 Å². The minimum atomic E-state index is -0.0234. The van der Waals surface area contributed by atoms with E-state index in [1.807, 2.05) is 30.3 Å². The minimum absolute atomic E-state index is 0.0234. The molecule has 0 aliphatic heterocycles. The number of fused-ring (bicyclic) bond motifs is 1. The molecular weight excluding hydrogens is 268 g/mol. The summed E-state index contributed by atoms with van der Waals surface area (Å²) in [5.41, 5.74) is 0.741. The van der Waals surface area contributed by atoms with E-state index < -0.39 is 0 Å². The van der Waals surface area contributed by atoms with Gasteiger partial charge >= 0.3 is 0 Å². The van der Waals surface area contributed by atoms with Crippen LogP contribution in [-0.2, 0) is 6.42 Å². The zero-order valence-corrected chi connectivity index (χ0v) is 10.9. The third-order valence-corrected chi connectivity index (χ3v) is 3.90. The molecule has 90 valence electrons. The van der Waals surface area contributed by atoms with Crippen LogP contribution in [-0.4, -0.2) is 5.78 Å². The van der Waals surface area contributed by atoms with E-state index in [4.69, 9.17) is 16.0 Å². The van der Waals surface area contributed by atoms with E-state index in [0.717, 1.165) is 15.8 Å². The molecule has 0 radical (unpaired) electrons. The van der Waals surface area contributed by atoms with Crippen LogP contribution in [0.15, 0.2) is 46.9 Å². The molecule has 0 aliphatic rings. The van der Waals surface area contributed by atoms with Crippen molar-refractivity contribution in [2.45, 2.75) is 6.42 Å². The highest BCUT2D eigenvalue weighted by Gasteiger charge is 2.13. The van der Waals surface area contributed by atoms with E-state index >= 15 is 0 Å². The van der Waals surface area contributed by atoms with Crippen molar-refractivity contribution in [2.24, 2.45) is 0 Å². The number of para-hydroxylation sites is 1. The van der Waals surface area contributed by atoms with Crippen LogP contribution in [0.5, 0.6) is 0 Å². The molecule has 0 saturated heterocycles. The molecule has 3 rings (SSSR count). The van der Waals surface area contributed by atoms with Crippen molar-refractivity contribution < 1.29 is 9.21 Å². The Bertz CT molecular complexity index is 678. The summed E-state index contributed by atoms with van der Waals surface area (Å²) >= 11 is 7.26. The lowest BCUT2D eigenvalue weighted by Crippen LogP contribution is -1.99. The van der Waals surface area contributed by atoms with Crippen molar-refractivity contribution in [3.63, 3.8) is 0 Å². The Morgan fingerprint density at radius 1 is 1.22 bits per heavy atom. The van der Waals surface area contributed by atoms with Crippen molar-refractivity contribution in [3.8, 4) is 0 Å². The molecule has 1 aromatic carbocycles. The molecule has 2 nitrogen and oxygen atoms in total. The predicted molar refractivity (Wildman–Crippen MR) is 73.6 cm³/mol. The number of carbonyl (C=O) groups is 1. The van der Waals surface area contributed by atoms with E-state index in [-0.39, 0.29) is 5.78 Å². The van der Waals surface area contributed by atoms with Crippen LogP contribution in [0.2, 0.25) is 4.34 Å². The lowest BCUT2D eigenvalue weighted by Gasteiger charge is -1.93. The van der Waals surface area contributed by atoms with Crippen LogP contribution in [0.1, 0.15) is 15.4 Å². The highest BCUT2D eigenvalue weighted by Crippen LogP contribution is 2.24. The first-order chi connectivity index (χ1) is 8.72. The second kappa shape index (κ2) is 4.59. The number of hydrogen-bond donors (Lipinski definition) is 0. The van der Waals surface area contributed by atoms with Crippen LogP contribution in [0, 0.1) is 0 Å². The number of rotatable bonds is 3. The van der Waals surface area contributed by atoms with Gasteiger partial charge in [0, 0.05) is 16.7 Å². The summed E-state index contributed by atoms with van der Waals surface area (Å²) in [5, 5.41) is 0.949. The Kier molecular flexibility index (Phi) is 2.94. The summed E-state index contributed by atoms with van der Waals surface area (Å²) in [6.07, 6.45) is 0.331. The van der Waals surface area contributed by atoms with Crippen molar-refractivity contribution in [2.75, 3.05) is 0 Å². The van der Waals surface area contributed by atoms with Gasteiger partial charge in [-0.2, -0.15) is 0 Å². The molecule has 0 amide bonds. The Morgan fingerprint density at radius 3 is 2.78 bits per heavy atom. The monoisotopic (exact) mass is 276 g/mol. The van der Waals surface area contributed by atoms with Crippen molar-refractivity contribution in [1.82, 2.24) is 0 Å². The van der Waals surface area contributed by atoms with Gasteiger partial charge in [0.05, 0.1) is 4.34 Å². The van der Waals surface area contributed by atoms with Gasteiger partial charge in [0.1, 0.15) is 5.58 Å². The minimum Gasteiger partial charge on any atom is -0.453 e. The summed E-state index contributed by atoms with van der Waals surface area (Å²) in [6.45, 7) is 0. The van der Waals surface area contributed by atoms with Gasteiger partial charge in [-0.25, -0.2) is 0 Å². The third-order valence-electron chi connectivity index (χ3n) is 2.66. The van der Waals surface area contributed by atoms with E-state index in [1.54, 1.807) is 12.1 Å². The maximum atomic E-state index is 12.1. The standard InChI is InChI=1S/C14H9ClO2S/c15-14-6-5-10(18-14)8-11(16)13-7-9-3-1-2-4-12(9)17-13/h1-7H,8H2. The van der Waals surface area contributed by atoms with E-state index in [0.29, 0.717) is 16.5 Å². The Hall–Kier alpha value is -1.58. The normalized spacial score (nSPS) is 10.9. The van der Waals surface area contributed by atoms with Gasteiger partial charge in [0.2, 0.25) is 5.78 Å². The van der Waals surface area contributed by atoms with Crippen LogP contribution < -0.4 is 0 Å². The first-order valence-corrected chi connectivity index (χ1v) is 6.68. The Labute approximate surface area is 113 Å². The highest BCUT2D eigenvalue weighted by molar-refractivity contribution is 7.16. The predicted octanol–water partition coefficient (Wildman–Crippen LogP) is 4.57. The van der Waals surface area contributed by atoms with E-state index in [9.17, 15) is 4.79 Å². The molecule has 2 aromatic heterocycles. The fraction of sp³-hybridized carbons (Fsp3) is 0.0714. The second-order valence-corrected chi connectivity index (χ2v) is 5.75. The smallest absolute Gasteiger partial charge is 0.203 e. The van der Waals surface area contributed by atoms with Crippen molar-refractivity contribution >= 4 is 39.7 Å². The van der Waals surface area contributed by atoms with Crippen molar-refractivity contribution in [1.29, 1.82) is 0 Å². The van der Waals surface area contributed by atoms with Gasteiger partial charge in [0.25, 0.3) is 0 Å². The second-order valence-electron chi connectivity index (χ2n) is 3.95. The molecule has 18 heavy (non-hydrogen) atoms. The SMILES string of the molecule is O=C(Cc1ccc(Cl)s1)c1cc2ccccc2o1. The summed E-state index contributed by atoms with van der Waals surface area (Å²) in [6, 6.07) is 13.0. The number of Topliss-reactive ketones (excluding diaryl/α,β-unsaturated/α-hetero) is 1. The lowest BCUT2D eigenvalue weighted by molar-refractivity contribution is 0.0969. The largest absolute Gasteiger partial charge is 0.453 e. The number of thiophene rings is 1. The van der Waals surface area contributed by atoms with Crippen LogP contribution in [0.4, 0.5) is 0 Å². The maximum Gasteiger partial charge on any atom is 0.203 e. The number of benzene rings is 1. The number of hydrogen-bond acceptors (Lipinski definition) is 3. The fourth-order valence-electron chi connectivity index (χ4n) is 1.81. The summed E-state index contributed by atoms with van der Waals surface area (Å²) in [4.78, 5) is 13.0. The van der Waals surface area contributed by atoms with Gasteiger partial charge in [-0.05, 0) is 24.3 Å². The van der Waals surface area contributed by atoms with Crippen LogP contribution >= 0.6 is 22.9 Å². The van der Waals surface area contributed by atoms with E-state index in [1.165, 1.54) is 11.3 Å². The quantitative estimate of drug-likeness (QED) is 0.656. The van der Waals surface area contributed by atoms with Gasteiger partial charge < -0.3 is 4.42 Å². The van der Waals surface area contributed by atoms with Gasteiger partial charge in [0.15, 0.2) is 5.76 Å². The Morgan fingerprint density at radius 2 is 2.06 bits per heavy atom. The molecule has 0 fully saturated rings. The molecule has 3 aromatic rings. The lowest BCUT2D eigenvalue weighted by atomic mass is 10.2. The summed E-state index contributed by atoms with van der Waals surface area (Å²) < 4.78 is 6.23. The van der Waals surface area contributed by atoms with E-state index in [2.05, 4.69) is 0 Å². The topological polar surface area (TPSA) is 30.2 Å². The number of ketones is 1. The molecule has 2 heterocycles. The third kappa shape index (κ3) is 2.19. The zero-order chi connectivity index (χ0) is 12.5. The molecule has 0 atom stereocenters. The fourth-order valence-corrected chi connectivity index (χ4v) is 2.90. The molecule has 0 bridgehead atoms. The summed E-state index contributed by atoms with van der Waals surface area (Å²) in [5.74, 6) is 0.380. The molecule has 0 aliphatic carbocycles. The van der Waals surface area contributed by atoms with Gasteiger partial charge in [-0.1, -0.05) is 29.8 Å². The molecule has 0 saturated carbocycles. The molecule has 0 N–H and O–H groups in total. The maximum absolute atomic E-state index is 12.1. The highest BCUT2D eigenvalue weighted by atomic mass is 35.5. The van der Waals surface area contributed by atoms with Gasteiger partial charge in [-0.3, -0.25) is 4.79 Å². The first kappa shape index (κ1) is 11.5. The van der Waals surface area contributed by atoms with Crippen molar-refractivity contribution in [3.05, 3.63) is 57.4 Å². The number of halogens is 1. The average Bonchev–Trinajstić information content (AvgIpc) is 2.95. The molecule has 4 heteroatoms. The molecule has 0 unspecified atom stereocenters.